The smallest absolute Gasteiger partial charge is 0.123 e. The van der Waals surface area contributed by atoms with Gasteiger partial charge in [0.25, 0.3) is 0 Å². The standard InChI is InChI=1S/C16H25FN2/c1-12(13-5-7-14(17)8-6-13)19-10-9-18-15(11-19)16(2,3)4/h5-8,12,15,18H,9-11H2,1-4H3. The van der Waals surface area contributed by atoms with Crippen molar-refractivity contribution >= 4 is 0 Å². The summed E-state index contributed by atoms with van der Waals surface area (Å²) in [4.78, 5) is 2.49. The van der Waals surface area contributed by atoms with E-state index in [0.29, 0.717) is 12.1 Å². The van der Waals surface area contributed by atoms with Crippen LogP contribution in [0.15, 0.2) is 24.3 Å². The summed E-state index contributed by atoms with van der Waals surface area (Å²) in [5, 5.41) is 3.60. The van der Waals surface area contributed by atoms with Crippen molar-refractivity contribution < 1.29 is 4.39 Å². The van der Waals surface area contributed by atoms with E-state index in [1.165, 1.54) is 5.56 Å². The van der Waals surface area contributed by atoms with Gasteiger partial charge in [0.1, 0.15) is 5.82 Å². The van der Waals surface area contributed by atoms with Crippen LogP contribution in [0.4, 0.5) is 4.39 Å². The van der Waals surface area contributed by atoms with E-state index in [1.807, 2.05) is 12.1 Å². The normalized spacial score (nSPS) is 23.3. The molecule has 0 radical (unpaired) electrons. The first-order valence-corrected chi connectivity index (χ1v) is 7.11. The molecule has 1 aromatic carbocycles. The molecular weight excluding hydrogens is 239 g/mol. The second kappa shape index (κ2) is 5.59. The highest BCUT2D eigenvalue weighted by Crippen LogP contribution is 2.27. The van der Waals surface area contributed by atoms with Gasteiger partial charge in [0.05, 0.1) is 0 Å². The Bertz CT molecular complexity index is 408. The summed E-state index contributed by atoms with van der Waals surface area (Å²) < 4.78 is 13.0. The highest BCUT2D eigenvalue weighted by molar-refractivity contribution is 5.19. The highest BCUT2D eigenvalue weighted by Gasteiger charge is 2.31. The lowest BCUT2D eigenvalue weighted by Crippen LogP contribution is -2.56. The van der Waals surface area contributed by atoms with Crippen LogP contribution in [0.5, 0.6) is 0 Å². The molecule has 1 aliphatic heterocycles. The first-order chi connectivity index (χ1) is 8.88. The molecule has 0 aliphatic carbocycles. The van der Waals surface area contributed by atoms with Gasteiger partial charge in [0.2, 0.25) is 0 Å². The van der Waals surface area contributed by atoms with Crippen molar-refractivity contribution in [3.63, 3.8) is 0 Å². The summed E-state index contributed by atoms with van der Waals surface area (Å²) in [5.41, 5.74) is 1.46. The van der Waals surface area contributed by atoms with Gasteiger partial charge in [-0.05, 0) is 30.0 Å². The minimum atomic E-state index is -0.163. The number of piperazine rings is 1. The molecule has 1 aromatic rings. The Kier molecular flexibility index (Phi) is 4.26. The zero-order valence-corrected chi connectivity index (χ0v) is 12.4. The lowest BCUT2D eigenvalue weighted by Gasteiger charge is -2.43. The van der Waals surface area contributed by atoms with Crippen molar-refractivity contribution in [1.82, 2.24) is 10.2 Å². The van der Waals surface area contributed by atoms with Crippen LogP contribution in [0.25, 0.3) is 0 Å². The second-order valence-electron chi connectivity index (χ2n) is 6.60. The maximum absolute atomic E-state index is 13.0. The third kappa shape index (κ3) is 3.54. The van der Waals surface area contributed by atoms with Gasteiger partial charge in [0, 0.05) is 31.7 Å². The second-order valence-corrected chi connectivity index (χ2v) is 6.60. The van der Waals surface area contributed by atoms with Crippen molar-refractivity contribution in [2.24, 2.45) is 5.41 Å². The van der Waals surface area contributed by atoms with Gasteiger partial charge in [-0.15, -0.1) is 0 Å². The van der Waals surface area contributed by atoms with Crippen LogP contribution in [-0.2, 0) is 0 Å². The molecule has 1 aliphatic rings. The zero-order chi connectivity index (χ0) is 14.0. The number of rotatable bonds is 2. The monoisotopic (exact) mass is 264 g/mol. The Morgan fingerprint density at radius 1 is 1.26 bits per heavy atom. The molecule has 0 saturated carbocycles. The first-order valence-electron chi connectivity index (χ1n) is 7.11. The summed E-state index contributed by atoms with van der Waals surface area (Å²) >= 11 is 0. The number of hydrogen-bond donors (Lipinski definition) is 1. The zero-order valence-electron chi connectivity index (χ0n) is 12.4. The van der Waals surface area contributed by atoms with Crippen LogP contribution < -0.4 is 5.32 Å². The number of hydrogen-bond acceptors (Lipinski definition) is 2. The average Bonchev–Trinajstić information content (AvgIpc) is 2.38. The molecule has 2 nitrogen and oxygen atoms in total. The molecule has 1 heterocycles. The van der Waals surface area contributed by atoms with E-state index in [0.717, 1.165) is 19.6 Å². The summed E-state index contributed by atoms with van der Waals surface area (Å²) in [6, 6.07) is 7.74. The first kappa shape index (κ1) is 14.5. The molecule has 1 N–H and O–H groups in total. The van der Waals surface area contributed by atoms with Crippen LogP contribution in [-0.4, -0.2) is 30.6 Å². The van der Waals surface area contributed by atoms with Crippen LogP contribution in [0.1, 0.15) is 39.3 Å². The van der Waals surface area contributed by atoms with Gasteiger partial charge in [-0.1, -0.05) is 32.9 Å². The average molecular weight is 264 g/mol. The topological polar surface area (TPSA) is 15.3 Å². The Labute approximate surface area is 116 Å². The summed E-state index contributed by atoms with van der Waals surface area (Å²) in [6.45, 7) is 12.1. The molecule has 0 aromatic heterocycles. The quantitative estimate of drug-likeness (QED) is 0.882. The molecule has 2 rings (SSSR count). The maximum atomic E-state index is 13.0. The Balaban J connectivity index is 2.06. The van der Waals surface area contributed by atoms with Gasteiger partial charge in [-0.25, -0.2) is 4.39 Å². The molecule has 1 saturated heterocycles. The van der Waals surface area contributed by atoms with Gasteiger partial charge in [0.15, 0.2) is 0 Å². The fraction of sp³-hybridized carbons (Fsp3) is 0.625. The molecule has 0 bridgehead atoms. The van der Waals surface area contributed by atoms with E-state index >= 15 is 0 Å². The highest BCUT2D eigenvalue weighted by atomic mass is 19.1. The molecule has 106 valence electrons. The van der Waals surface area contributed by atoms with E-state index in [2.05, 4.69) is 37.9 Å². The molecule has 19 heavy (non-hydrogen) atoms. The summed E-state index contributed by atoms with van der Waals surface area (Å²) in [7, 11) is 0. The Morgan fingerprint density at radius 3 is 2.47 bits per heavy atom. The van der Waals surface area contributed by atoms with Crippen LogP contribution >= 0.6 is 0 Å². The van der Waals surface area contributed by atoms with Crippen molar-refractivity contribution in [2.45, 2.75) is 39.8 Å². The minimum Gasteiger partial charge on any atom is -0.311 e. The maximum Gasteiger partial charge on any atom is 0.123 e. The number of nitrogens with one attached hydrogen (secondary N) is 1. The lowest BCUT2D eigenvalue weighted by atomic mass is 9.85. The molecule has 0 spiro atoms. The van der Waals surface area contributed by atoms with E-state index in [-0.39, 0.29) is 11.2 Å². The van der Waals surface area contributed by atoms with Crippen molar-refractivity contribution in [1.29, 1.82) is 0 Å². The summed E-state index contributed by atoms with van der Waals surface area (Å²) in [5.74, 6) is -0.163. The third-order valence-electron chi connectivity index (χ3n) is 4.15. The minimum absolute atomic E-state index is 0.163. The largest absolute Gasteiger partial charge is 0.311 e. The van der Waals surface area contributed by atoms with Gasteiger partial charge >= 0.3 is 0 Å². The molecule has 3 heteroatoms. The lowest BCUT2D eigenvalue weighted by molar-refractivity contribution is 0.104. The fourth-order valence-corrected chi connectivity index (χ4v) is 2.66. The number of benzene rings is 1. The number of halogens is 1. The van der Waals surface area contributed by atoms with E-state index in [4.69, 9.17) is 0 Å². The predicted octanol–water partition coefficient (Wildman–Crippen LogP) is 3.21. The molecule has 1 fully saturated rings. The molecular formula is C16H25FN2. The van der Waals surface area contributed by atoms with E-state index < -0.39 is 0 Å². The fourth-order valence-electron chi connectivity index (χ4n) is 2.66. The molecule has 0 amide bonds. The van der Waals surface area contributed by atoms with E-state index in [1.54, 1.807) is 12.1 Å². The van der Waals surface area contributed by atoms with Gasteiger partial charge in [-0.2, -0.15) is 0 Å². The van der Waals surface area contributed by atoms with Crippen LogP contribution in [0.3, 0.4) is 0 Å². The van der Waals surface area contributed by atoms with Crippen molar-refractivity contribution in [3.8, 4) is 0 Å². The number of nitrogens with zero attached hydrogens (tertiary/aromatic N) is 1. The van der Waals surface area contributed by atoms with Crippen molar-refractivity contribution in [2.75, 3.05) is 19.6 Å². The Hall–Kier alpha value is -0.930. The SMILES string of the molecule is CC(c1ccc(F)cc1)N1CCNC(C(C)(C)C)C1. The van der Waals surface area contributed by atoms with Gasteiger partial charge in [-0.3, -0.25) is 4.90 Å². The van der Waals surface area contributed by atoms with Crippen LogP contribution in [0.2, 0.25) is 0 Å². The predicted molar refractivity (Wildman–Crippen MR) is 77.6 cm³/mol. The molecule has 2 unspecified atom stereocenters. The van der Waals surface area contributed by atoms with E-state index in [9.17, 15) is 4.39 Å². The van der Waals surface area contributed by atoms with Crippen molar-refractivity contribution in [3.05, 3.63) is 35.6 Å². The summed E-state index contributed by atoms with van der Waals surface area (Å²) in [6.07, 6.45) is 0. The Morgan fingerprint density at radius 2 is 1.89 bits per heavy atom. The van der Waals surface area contributed by atoms with Gasteiger partial charge < -0.3 is 5.32 Å². The molecule has 2 atom stereocenters. The third-order valence-corrected chi connectivity index (χ3v) is 4.15. The van der Waals surface area contributed by atoms with Crippen LogP contribution in [0, 0.1) is 11.2 Å².